The molecule has 0 fully saturated rings. The first kappa shape index (κ1) is 18.6. The minimum Gasteiger partial charge on any atom is -0.325 e. The van der Waals surface area contributed by atoms with Crippen molar-refractivity contribution in [1.29, 1.82) is 0 Å². The van der Waals surface area contributed by atoms with Gasteiger partial charge in [0, 0.05) is 16.9 Å². The van der Waals surface area contributed by atoms with Gasteiger partial charge in [-0.3, -0.25) is 14.2 Å². The van der Waals surface area contributed by atoms with Gasteiger partial charge in [0.25, 0.3) is 5.56 Å². The molecule has 0 atom stereocenters. The summed E-state index contributed by atoms with van der Waals surface area (Å²) >= 11 is 0. The van der Waals surface area contributed by atoms with Crippen LogP contribution < -0.4 is 10.9 Å². The van der Waals surface area contributed by atoms with Gasteiger partial charge in [0.2, 0.25) is 11.9 Å². The number of nitrogens with zero attached hydrogens (tertiary/aromatic N) is 4. The molecule has 0 aliphatic heterocycles. The third-order valence-electron chi connectivity index (χ3n) is 4.36. The number of carbonyl (C=O) groups excluding carboxylic acids is 1. The molecule has 140 valence electrons. The minimum atomic E-state index is -0.293. The Bertz CT molecular complexity index is 1030. The highest BCUT2D eigenvalue weighted by molar-refractivity contribution is 5.90. The van der Waals surface area contributed by atoms with Gasteiger partial charge in [-0.1, -0.05) is 25.1 Å². The number of anilines is 1. The van der Waals surface area contributed by atoms with Gasteiger partial charge < -0.3 is 5.32 Å². The molecule has 7 nitrogen and oxygen atoms in total. The fourth-order valence-corrected chi connectivity index (χ4v) is 3.09. The SMILES string of the molecule is CCc1c(C)nc(-n2nc(C)cc2C)n(CC(=O)Nc2ccccc2)c1=O. The average Bonchev–Trinajstić information content (AvgIpc) is 2.96. The quantitative estimate of drug-likeness (QED) is 0.753. The molecule has 3 aromatic rings. The predicted molar refractivity (Wildman–Crippen MR) is 104 cm³/mol. The molecule has 27 heavy (non-hydrogen) atoms. The van der Waals surface area contributed by atoms with Crippen LogP contribution in [-0.2, 0) is 17.8 Å². The maximum absolute atomic E-state index is 13.0. The summed E-state index contributed by atoms with van der Waals surface area (Å²) in [5, 5.41) is 7.24. The molecule has 1 amide bonds. The van der Waals surface area contributed by atoms with Crippen molar-refractivity contribution in [2.45, 2.75) is 40.7 Å². The normalized spacial score (nSPS) is 10.8. The van der Waals surface area contributed by atoms with Gasteiger partial charge in [0.05, 0.1) is 11.4 Å². The summed E-state index contributed by atoms with van der Waals surface area (Å²) in [7, 11) is 0. The highest BCUT2D eigenvalue weighted by Crippen LogP contribution is 2.12. The first-order chi connectivity index (χ1) is 12.9. The van der Waals surface area contributed by atoms with Crippen LogP contribution in [-0.4, -0.2) is 25.2 Å². The second-order valence-corrected chi connectivity index (χ2v) is 6.47. The molecule has 7 heteroatoms. The average molecular weight is 365 g/mol. The largest absolute Gasteiger partial charge is 0.325 e. The molecule has 0 saturated carbocycles. The Morgan fingerprint density at radius 3 is 2.44 bits per heavy atom. The topological polar surface area (TPSA) is 81.8 Å². The number of aryl methyl sites for hydroxylation is 3. The Kier molecular flexibility index (Phi) is 5.21. The van der Waals surface area contributed by atoms with E-state index in [4.69, 9.17) is 0 Å². The lowest BCUT2D eigenvalue weighted by Crippen LogP contribution is -2.34. The molecule has 0 radical (unpaired) electrons. The summed E-state index contributed by atoms with van der Waals surface area (Å²) < 4.78 is 3.00. The van der Waals surface area contributed by atoms with Crippen molar-refractivity contribution in [3.63, 3.8) is 0 Å². The van der Waals surface area contributed by atoms with Gasteiger partial charge in [0.1, 0.15) is 6.54 Å². The fourth-order valence-electron chi connectivity index (χ4n) is 3.09. The first-order valence-electron chi connectivity index (χ1n) is 8.89. The van der Waals surface area contributed by atoms with Crippen LogP contribution in [0.25, 0.3) is 5.95 Å². The summed E-state index contributed by atoms with van der Waals surface area (Å²) in [6, 6.07) is 11.1. The lowest BCUT2D eigenvalue weighted by Gasteiger charge is -2.16. The molecule has 0 saturated heterocycles. The lowest BCUT2D eigenvalue weighted by atomic mass is 10.2. The van der Waals surface area contributed by atoms with Crippen LogP contribution in [0.4, 0.5) is 5.69 Å². The number of aromatic nitrogens is 4. The standard InChI is InChI=1S/C20H23N5O2/c1-5-17-15(4)21-20(25-14(3)11-13(2)23-25)24(19(17)27)12-18(26)22-16-9-7-6-8-10-16/h6-11H,5,12H2,1-4H3,(H,22,26). The van der Waals surface area contributed by atoms with E-state index in [1.807, 2.05) is 52.0 Å². The summed E-state index contributed by atoms with van der Waals surface area (Å²) in [5.74, 6) is 0.0577. The Morgan fingerprint density at radius 1 is 1.15 bits per heavy atom. The van der Waals surface area contributed by atoms with Crippen LogP contribution in [0.15, 0.2) is 41.2 Å². The maximum Gasteiger partial charge on any atom is 0.258 e. The number of amides is 1. The molecule has 0 bridgehead atoms. The Balaban J connectivity index is 2.05. The van der Waals surface area contributed by atoms with Crippen LogP contribution >= 0.6 is 0 Å². The molecule has 2 aromatic heterocycles. The maximum atomic E-state index is 13.0. The smallest absolute Gasteiger partial charge is 0.258 e. The van der Waals surface area contributed by atoms with Gasteiger partial charge in [0.15, 0.2) is 0 Å². The zero-order valence-corrected chi connectivity index (χ0v) is 16.0. The Morgan fingerprint density at radius 2 is 1.85 bits per heavy atom. The molecule has 0 spiro atoms. The van der Waals surface area contributed by atoms with E-state index in [-0.39, 0.29) is 18.0 Å². The predicted octanol–water partition coefficient (Wildman–Crippen LogP) is 2.56. The van der Waals surface area contributed by atoms with E-state index in [9.17, 15) is 9.59 Å². The zero-order valence-electron chi connectivity index (χ0n) is 16.0. The highest BCUT2D eigenvalue weighted by atomic mass is 16.2. The molecule has 1 aromatic carbocycles. The highest BCUT2D eigenvalue weighted by Gasteiger charge is 2.19. The van der Waals surface area contributed by atoms with Crippen molar-refractivity contribution in [2.75, 3.05) is 5.32 Å². The van der Waals surface area contributed by atoms with Crippen molar-refractivity contribution >= 4 is 11.6 Å². The number of benzene rings is 1. The molecule has 0 aliphatic rings. The number of carbonyl (C=O) groups is 1. The fraction of sp³-hybridized carbons (Fsp3) is 0.300. The molecule has 3 rings (SSSR count). The third kappa shape index (κ3) is 3.81. The summed E-state index contributed by atoms with van der Waals surface area (Å²) in [6.45, 7) is 7.35. The second-order valence-electron chi connectivity index (χ2n) is 6.47. The lowest BCUT2D eigenvalue weighted by molar-refractivity contribution is -0.116. The molecule has 0 aliphatic carbocycles. The summed E-state index contributed by atoms with van der Waals surface area (Å²) in [6.07, 6.45) is 0.551. The van der Waals surface area contributed by atoms with Crippen LogP contribution in [0.5, 0.6) is 0 Å². The van der Waals surface area contributed by atoms with E-state index >= 15 is 0 Å². The molecular weight excluding hydrogens is 342 g/mol. The zero-order chi connectivity index (χ0) is 19.6. The van der Waals surface area contributed by atoms with E-state index in [0.29, 0.717) is 29.3 Å². The first-order valence-corrected chi connectivity index (χ1v) is 8.89. The monoisotopic (exact) mass is 365 g/mol. The van der Waals surface area contributed by atoms with E-state index in [1.54, 1.807) is 16.8 Å². The molecule has 2 heterocycles. The van der Waals surface area contributed by atoms with Crippen molar-refractivity contribution in [1.82, 2.24) is 19.3 Å². The van der Waals surface area contributed by atoms with Crippen LogP contribution in [0.1, 0.15) is 29.6 Å². The van der Waals surface area contributed by atoms with Gasteiger partial charge in [-0.25, -0.2) is 9.67 Å². The number of hydrogen-bond donors (Lipinski definition) is 1. The third-order valence-corrected chi connectivity index (χ3v) is 4.36. The number of para-hydroxylation sites is 1. The van der Waals surface area contributed by atoms with Gasteiger partial charge in [-0.05, 0) is 45.4 Å². The number of nitrogens with one attached hydrogen (secondary N) is 1. The van der Waals surface area contributed by atoms with Crippen molar-refractivity contribution in [2.24, 2.45) is 0 Å². The van der Waals surface area contributed by atoms with E-state index < -0.39 is 0 Å². The number of hydrogen-bond acceptors (Lipinski definition) is 4. The van der Waals surface area contributed by atoms with Crippen LogP contribution in [0.3, 0.4) is 0 Å². The van der Waals surface area contributed by atoms with Gasteiger partial charge in [-0.2, -0.15) is 5.10 Å². The van der Waals surface area contributed by atoms with Crippen molar-refractivity contribution < 1.29 is 4.79 Å². The Labute approximate surface area is 157 Å². The Hall–Kier alpha value is -3.22. The van der Waals surface area contributed by atoms with Crippen molar-refractivity contribution in [3.8, 4) is 5.95 Å². The van der Waals surface area contributed by atoms with Crippen LogP contribution in [0.2, 0.25) is 0 Å². The molecular formula is C20H23N5O2. The van der Waals surface area contributed by atoms with E-state index in [1.165, 1.54) is 4.57 Å². The second kappa shape index (κ2) is 7.57. The molecule has 1 N–H and O–H groups in total. The summed E-state index contributed by atoms with van der Waals surface area (Å²) in [5.41, 5.74) is 3.40. The van der Waals surface area contributed by atoms with E-state index in [0.717, 1.165) is 11.4 Å². The minimum absolute atomic E-state index is 0.137. The van der Waals surface area contributed by atoms with Gasteiger partial charge in [-0.15, -0.1) is 0 Å². The van der Waals surface area contributed by atoms with Crippen LogP contribution in [0, 0.1) is 20.8 Å². The number of rotatable bonds is 5. The van der Waals surface area contributed by atoms with Crippen molar-refractivity contribution in [3.05, 3.63) is 69.4 Å². The van der Waals surface area contributed by atoms with Gasteiger partial charge >= 0.3 is 0 Å². The van der Waals surface area contributed by atoms with E-state index in [2.05, 4.69) is 15.4 Å². The summed E-state index contributed by atoms with van der Waals surface area (Å²) in [4.78, 5) is 30.2. The molecule has 0 unspecified atom stereocenters.